The van der Waals surface area contributed by atoms with Gasteiger partial charge in [0.1, 0.15) is 0 Å². The smallest absolute Gasteiger partial charge is 0.0674 e. The van der Waals surface area contributed by atoms with Crippen molar-refractivity contribution in [2.45, 2.75) is 32.4 Å². The highest BCUT2D eigenvalue weighted by Crippen LogP contribution is 2.13. The first kappa shape index (κ1) is 9.96. The fourth-order valence-electron chi connectivity index (χ4n) is 1.73. The van der Waals surface area contributed by atoms with E-state index in [0.717, 1.165) is 32.7 Å². The first-order valence-electron chi connectivity index (χ1n) is 4.83. The van der Waals surface area contributed by atoms with Gasteiger partial charge < -0.3 is 10.5 Å². The van der Waals surface area contributed by atoms with Crippen molar-refractivity contribution >= 4 is 0 Å². The molecule has 0 bridgehead atoms. The van der Waals surface area contributed by atoms with Gasteiger partial charge in [-0.15, -0.1) is 0 Å². The average molecular weight is 172 g/mol. The van der Waals surface area contributed by atoms with Crippen LogP contribution in [0.5, 0.6) is 0 Å². The SMILES string of the molecule is CCC1COC(C)CN1CCN. The zero-order valence-electron chi connectivity index (χ0n) is 8.12. The molecule has 12 heavy (non-hydrogen) atoms. The van der Waals surface area contributed by atoms with Gasteiger partial charge in [0, 0.05) is 25.7 Å². The number of ether oxygens (including phenoxy) is 1. The van der Waals surface area contributed by atoms with E-state index in [1.165, 1.54) is 0 Å². The number of nitrogens with two attached hydrogens (primary N) is 1. The van der Waals surface area contributed by atoms with Crippen LogP contribution < -0.4 is 5.73 Å². The molecular weight excluding hydrogens is 152 g/mol. The van der Waals surface area contributed by atoms with E-state index < -0.39 is 0 Å². The minimum absolute atomic E-state index is 0.374. The molecule has 1 fully saturated rings. The van der Waals surface area contributed by atoms with E-state index in [-0.39, 0.29) is 0 Å². The van der Waals surface area contributed by atoms with Crippen molar-refractivity contribution in [1.29, 1.82) is 0 Å². The standard InChI is InChI=1S/C9H20N2O/c1-3-9-7-12-8(2)6-11(9)5-4-10/h8-9H,3-7,10H2,1-2H3. The molecule has 0 saturated carbocycles. The highest BCUT2D eigenvalue weighted by Gasteiger charge is 2.24. The van der Waals surface area contributed by atoms with Crippen LogP contribution >= 0.6 is 0 Å². The van der Waals surface area contributed by atoms with Gasteiger partial charge in [0.25, 0.3) is 0 Å². The van der Waals surface area contributed by atoms with Gasteiger partial charge in [-0.05, 0) is 13.3 Å². The predicted octanol–water partition coefficient (Wildman–Crippen LogP) is 0.444. The quantitative estimate of drug-likeness (QED) is 0.671. The molecule has 1 heterocycles. The lowest BCUT2D eigenvalue weighted by Gasteiger charge is -2.37. The minimum atomic E-state index is 0.374. The van der Waals surface area contributed by atoms with Gasteiger partial charge in [0.05, 0.1) is 12.7 Å². The van der Waals surface area contributed by atoms with Crippen LogP contribution in [0.25, 0.3) is 0 Å². The summed E-state index contributed by atoms with van der Waals surface area (Å²) in [5, 5.41) is 0. The molecule has 1 aliphatic heterocycles. The summed E-state index contributed by atoms with van der Waals surface area (Å²) in [6.07, 6.45) is 1.53. The Kier molecular flexibility index (Phi) is 3.98. The zero-order valence-corrected chi connectivity index (χ0v) is 8.12. The fourth-order valence-corrected chi connectivity index (χ4v) is 1.73. The first-order chi connectivity index (χ1) is 5.77. The van der Waals surface area contributed by atoms with Crippen molar-refractivity contribution in [3.63, 3.8) is 0 Å². The van der Waals surface area contributed by atoms with Gasteiger partial charge in [-0.25, -0.2) is 0 Å². The van der Waals surface area contributed by atoms with Crippen LogP contribution in [0, 0.1) is 0 Å². The number of morpholine rings is 1. The first-order valence-corrected chi connectivity index (χ1v) is 4.83. The largest absolute Gasteiger partial charge is 0.376 e. The van der Waals surface area contributed by atoms with E-state index in [1.54, 1.807) is 0 Å². The third kappa shape index (κ3) is 2.44. The van der Waals surface area contributed by atoms with Crippen LogP contribution in [-0.4, -0.2) is 43.3 Å². The Hall–Kier alpha value is -0.120. The third-order valence-electron chi connectivity index (χ3n) is 2.47. The monoisotopic (exact) mass is 172 g/mol. The molecule has 3 heteroatoms. The van der Waals surface area contributed by atoms with Crippen molar-refractivity contribution in [3.8, 4) is 0 Å². The second kappa shape index (κ2) is 4.80. The molecule has 0 aromatic carbocycles. The summed E-state index contributed by atoms with van der Waals surface area (Å²) >= 11 is 0. The third-order valence-corrected chi connectivity index (χ3v) is 2.47. The maximum Gasteiger partial charge on any atom is 0.0674 e. The molecule has 0 aliphatic carbocycles. The lowest BCUT2D eigenvalue weighted by atomic mass is 10.1. The lowest BCUT2D eigenvalue weighted by molar-refractivity contribution is -0.0544. The van der Waals surface area contributed by atoms with E-state index in [4.69, 9.17) is 10.5 Å². The minimum Gasteiger partial charge on any atom is -0.376 e. The van der Waals surface area contributed by atoms with Crippen LogP contribution in [0.3, 0.4) is 0 Å². The Balaban J connectivity index is 2.40. The Labute approximate surface area is 74.9 Å². The predicted molar refractivity (Wildman–Crippen MR) is 50.1 cm³/mol. The summed E-state index contributed by atoms with van der Waals surface area (Å²) in [7, 11) is 0. The van der Waals surface area contributed by atoms with Gasteiger partial charge in [-0.2, -0.15) is 0 Å². The molecule has 72 valence electrons. The van der Waals surface area contributed by atoms with E-state index in [1.807, 2.05) is 0 Å². The maximum absolute atomic E-state index is 5.58. The molecule has 1 saturated heterocycles. The lowest BCUT2D eigenvalue weighted by Crippen LogP contribution is -2.50. The topological polar surface area (TPSA) is 38.5 Å². The van der Waals surface area contributed by atoms with Crippen molar-refractivity contribution in [3.05, 3.63) is 0 Å². The fraction of sp³-hybridized carbons (Fsp3) is 1.00. The second-order valence-corrected chi connectivity index (χ2v) is 3.49. The molecule has 0 spiro atoms. The van der Waals surface area contributed by atoms with Gasteiger partial charge >= 0.3 is 0 Å². The summed E-state index contributed by atoms with van der Waals surface area (Å²) in [5.74, 6) is 0. The second-order valence-electron chi connectivity index (χ2n) is 3.49. The van der Waals surface area contributed by atoms with E-state index in [9.17, 15) is 0 Å². The van der Waals surface area contributed by atoms with Crippen LogP contribution in [0.2, 0.25) is 0 Å². The molecule has 2 atom stereocenters. The Morgan fingerprint density at radius 3 is 2.92 bits per heavy atom. The van der Waals surface area contributed by atoms with E-state index >= 15 is 0 Å². The van der Waals surface area contributed by atoms with Crippen LogP contribution in [0.1, 0.15) is 20.3 Å². The van der Waals surface area contributed by atoms with Crippen molar-refractivity contribution in [2.75, 3.05) is 26.2 Å². The van der Waals surface area contributed by atoms with Crippen LogP contribution in [0.4, 0.5) is 0 Å². The number of nitrogens with zero attached hydrogens (tertiary/aromatic N) is 1. The summed E-state index contributed by atoms with van der Waals surface area (Å²) in [6, 6.07) is 0.588. The zero-order chi connectivity index (χ0) is 8.97. The number of rotatable bonds is 3. The molecule has 2 N–H and O–H groups in total. The molecule has 3 nitrogen and oxygen atoms in total. The number of hydrogen-bond acceptors (Lipinski definition) is 3. The molecule has 1 aliphatic rings. The Morgan fingerprint density at radius 2 is 2.33 bits per heavy atom. The van der Waals surface area contributed by atoms with Crippen molar-refractivity contribution in [2.24, 2.45) is 5.73 Å². The average Bonchev–Trinajstić information content (AvgIpc) is 2.05. The van der Waals surface area contributed by atoms with Gasteiger partial charge in [-0.1, -0.05) is 6.92 Å². The highest BCUT2D eigenvalue weighted by atomic mass is 16.5. The van der Waals surface area contributed by atoms with Crippen molar-refractivity contribution in [1.82, 2.24) is 4.90 Å². The molecule has 0 aromatic rings. The molecule has 0 aromatic heterocycles. The molecule has 2 unspecified atom stereocenters. The van der Waals surface area contributed by atoms with Crippen LogP contribution in [-0.2, 0) is 4.74 Å². The Morgan fingerprint density at radius 1 is 1.58 bits per heavy atom. The van der Waals surface area contributed by atoms with Gasteiger partial charge in [0.2, 0.25) is 0 Å². The summed E-state index contributed by atoms with van der Waals surface area (Å²) in [4.78, 5) is 2.44. The molecular formula is C9H20N2O. The molecule has 1 rings (SSSR count). The normalized spacial score (nSPS) is 32.2. The van der Waals surface area contributed by atoms with E-state index in [2.05, 4.69) is 18.7 Å². The summed E-state index contributed by atoms with van der Waals surface area (Å²) < 4.78 is 5.58. The summed E-state index contributed by atoms with van der Waals surface area (Å²) in [5.41, 5.74) is 5.54. The highest BCUT2D eigenvalue weighted by molar-refractivity contribution is 4.77. The van der Waals surface area contributed by atoms with Gasteiger partial charge in [0.15, 0.2) is 0 Å². The maximum atomic E-state index is 5.58. The van der Waals surface area contributed by atoms with Crippen LogP contribution in [0.15, 0.2) is 0 Å². The van der Waals surface area contributed by atoms with Gasteiger partial charge in [-0.3, -0.25) is 4.90 Å². The Bertz CT molecular complexity index is 130. The van der Waals surface area contributed by atoms with Crippen molar-refractivity contribution < 1.29 is 4.74 Å². The van der Waals surface area contributed by atoms with E-state index in [0.29, 0.717) is 12.1 Å². The molecule has 0 amide bonds. The molecule has 0 radical (unpaired) electrons. The number of hydrogen-bond donors (Lipinski definition) is 1. The summed E-state index contributed by atoms with van der Waals surface area (Å²) in [6.45, 7) is 7.99.